The van der Waals surface area contributed by atoms with Crippen LogP contribution in [0.2, 0.25) is 0 Å². The largest absolute Gasteiger partial charge is 0.476 e. The maximum atomic E-state index is 13.9. The monoisotopic (exact) mass is 455 g/mol. The fourth-order valence-electron chi connectivity index (χ4n) is 2.92. The Balaban J connectivity index is 2.01. The zero-order valence-corrected chi connectivity index (χ0v) is 18.2. The van der Waals surface area contributed by atoms with Crippen LogP contribution in [0.3, 0.4) is 0 Å². The molecule has 2 rings (SSSR count). The van der Waals surface area contributed by atoms with E-state index >= 15 is 0 Å². The van der Waals surface area contributed by atoms with Crippen LogP contribution in [0, 0.1) is 5.82 Å². The SMILES string of the molecule is CCOC(=O)C(C)(C)Oc1ccc(CC(C)NC(=O)c2cc(C(F)(F)F)ccc2F)cc1. The van der Waals surface area contributed by atoms with Crippen LogP contribution in [0.15, 0.2) is 42.5 Å². The van der Waals surface area contributed by atoms with E-state index in [2.05, 4.69) is 5.32 Å². The summed E-state index contributed by atoms with van der Waals surface area (Å²) in [7, 11) is 0. The van der Waals surface area contributed by atoms with Gasteiger partial charge in [0.2, 0.25) is 0 Å². The van der Waals surface area contributed by atoms with E-state index in [4.69, 9.17) is 9.47 Å². The van der Waals surface area contributed by atoms with Gasteiger partial charge in [-0.2, -0.15) is 13.2 Å². The fraction of sp³-hybridized carbons (Fsp3) is 0.391. The standard InChI is InChI=1S/C23H25F4NO4/c1-5-31-21(30)22(3,4)32-17-9-6-15(7-10-17)12-14(2)28-20(29)18-13-16(23(25,26)27)8-11-19(18)24/h6-11,13-14H,5,12H2,1-4H3,(H,28,29). The van der Waals surface area contributed by atoms with Crippen molar-refractivity contribution in [3.63, 3.8) is 0 Å². The third-order valence-electron chi connectivity index (χ3n) is 4.52. The molecule has 32 heavy (non-hydrogen) atoms. The first kappa shape index (κ1) is 25.2. The van der Waals surface area contributed by atoms with Crippen LogP contribution in [0.1, 0.15) is 49.2 Å². The van der Waals surface area contributed by atoms with E-state index in [1.54, 1.807) is 52.0 Å². The van der Waals surface area contributed by atoms with Crippen LogP contribution in [-0.2, 0) is 22.1 Å². The molecular weight excluding hydrogens is 430 g/mol. The molecule has 1 atom stereocenters. The van der Waals surface area contributed by atoms with Gasteiger partial charge in [0.25, 0.3) is 5.91 Å². The zero-order valence-electron chi connectivity index (χ0n) is 18.2. The Bertz CT molecular complexity index is 955. The number of nitrogens with one attached hydrogen (secondary N) is 1. The van der Waals surface area contributed by atoms with Crippen molar-refractivity contribution >= 4 is 11.9 Å². The van der Waals surface area contributed by atoms with Gasteiger partial charge < -0.3 is 14.8 Å². The number of halogens is 4. The maximum Gasteiger partial charge on any atom is 0.416 e. The number of hydrogen-bond acceptors (Lipinski definition) is 4. The first-order chi connectivity index (χ1) is 14.8. The summed E-state index contributed by atoms with van der Waals surface area (Å²) in [6.07, 6.45) is -4.34. The van der Waals surface area contributed by atoms with Crippen molar-refractivity contribution < 1.29 is 36.6 Å². The molecule has 0 saturated carbocycles. The van der Waals surface area contributed by atoms with Crippen molar-refractivity contribution in [2.45, 2.75) is 51.9 Å². The predicted octanol–water partition coefficient (Wildman–Crippen LogP) is 4.93. The van der Waals surface area contributed by atoms with Crippen LogP contribution in [0.25, 0.3) is 0 Å². The molecule has 1 N–H and O–H groups in total. The summed E-state index contributed by atoms with van der Waals surface area (Å²) >= 11 is 0. The second-order valence-corrected chi connectivity index (χ2v) is 7.75. The van der Waals surface area contributed by atoms with E-state index in [1.165, 1.54) is 0 Å². The second kappa shape index (κ2) is 10.0. The summed E-state index contributed by atoms with van der Waals surface area (Å²) in [6, 6.07) is 7.97. The molecular formula is C23H25F4NO4. The number of benzene rings is 2. The molecule has 0 aliphatic heterocycles. The minimum Gasteiger partial charge on any atom is -0.476 e. The van der Waals surface area contributed by atoms with Crippen molar-refractivity contribution in [1.29, 1.82) is 0 Å². The van der Waals surface area contributed by atoms with E-state index in [0.717, 1.165) is 5.56 Å². The van der Waals surface area contributed by atoms with Crippen LogP contribution in [0.4, 0.5) is 17.6 Å². The third-order valence-corrected chi connectivity index (χ3v) is 4.52. The summed E-state index contributed by atoms with van der Waals surface area (Å²) in [6.45, 7) is 6.76. The molecule has 174 valence electrons. The van der Waals surface area contributed by atoms with Gasteiger partial charge in [-0.15, -0.1) is 0 Å². The lowest BCUT2D eigenvalue weighted by molar-refractivity contribution is -0.158. The minimum atomic E-state index is -4.68. The predicted molar refractivity (Wildman–Crippen MR) is 110 cm³/mol. The molecule has 1 unspecified atom stereocenters. The Morgan fingerprint density at radius 1 is 1.06 bits per heavy atom. The first-order valence-electron chi connectivity index (χ1n) is 9.96. The maximum absolute atomic E-state index is 13.9. The van der Waals surface area contributed by atoms with Gasteiger partial charge in [0.15, 0.2) is 5.60 Å². The number of hydrogen-bond donors (Lipinski definition) is 1. The van der Waals surface area contributed by atoms with E-state index < -0.39 is 46.6 Å². The van der Waals surface area contributed by atoms with E-state index in [1.807, 2.05) is 0 Å². The van der Waals surface area contributed by atoms with Crippen LogP contribution in [0.5, 0.6) is 5.75 Å². The third kappa shape index (κ3) is 6.70. The van der Waals surface area contributed by atoms with Gasteiger partial charge in [0.1, 0.15) is 11.6 Å². The van der Waals surface area contributed by atoms with Crippen LogP contribution in [-0.4, -0.2) is 30.1 Å². The number of alkyl halides is 3. The van der Waals surface area contributed by atoms with Crippen molar-refractivity contribution in [3.8, 4) is 5.75 Å². The van der Waals surface area contributed by atoms with Gasteiger partial charge in [-0.05, 0) is 70.0 Å². The first-order valence-corrected chi connectivity index (χ1v) is 9.96. The van der Waals surface area contributed by atoms with Gasteiger partial charge in [0.05, 0.1) is 17.7 Å². The molecule has 0 spiro atoms. The number of rotatable bonds is 8. The average Bonchev–Trinajstić information content (AvgIpc) is 2.68. The normalized spacial score (nSPS) is 12.8. The van der Waals surface area contributed by atoms with E-state index in [9.17, 15) is 27.2 Å². The number of carbonyl (C=O) groups excluding carboxylic acids is 2. The van der Waals surface area contributed by atoms with Gasteiger partial charge in [-0.25, -0.2) is 9.18 Å². The van der Waals surface area contributed by atoms with Crippen LogP contribution < -0.4 is 10.1 Å². The molecule has 5 nitrogen and oxygen atoms in total. The number of esters is 1. The Morgan fingerprint density at radius 2 is 1.69 bits per heavy atom. The van der Waals surface area contributed by atoms with Crippen molar-refractivity contribution in [3.05, 3.63) is 65.0 Å². The zero-order chi connectivity index (χ0) is 24.1. The highest BCUT2D eigenvalue weighted by molar-refractivity contribution is 5.94. The lowest BCUT2D eigenvalue weighted by Gasteiger charge is -2.24. The molecule has 0 fully saturated rings. The van der Waals surface area contributed by atoms with Crippen LogP contribution >= 0.6 is 0 Å². The molecule has 2 aromatic rings. The molecule has 1 amide bonds. The van der Waals surface area contributed by atoms with Gasteiger partial charge >= 0.3 is 12.1 Å². The highest BCUT2D eigenvalue weighted by atomic mass is 19.4. The van der Waals surface area contributed by atoms with Gasteiger partial charge in [-0.1, -0.05) is 12.1 Å². The summed E-state index contributed by atoms with van der Waals surface area (Å²) in [5.41, 5.74) is -2.15. The topological polar surface area (TPSA) is 64.6 Å². The highest BCUT2D eigenvalue weighted by Gasteiger charge is 2.32. The molecule has 2 aromatic carbocycles. The Labute approximate surface area is 183 Å². The lowest BCUT2D eigenvalue weighted by Crippen LogP contribution is -2.39. The van der Waals surface area contributed by atoms with E-state index in [0.29, 0.717) is 30.4 Å². The molecule has 0 aliphatic rings. The summed E-state index contributed by atoms with van der Waals surface area (Å²) < 4.78 is 63.1. The van der Waals surface area contributed by atoms with Crippen molar-refractivity contribution in [1.82, 2.24) is 5.32 Å². The molecule has 0 aliphatic carbocycles. The minimum absolute atomic E-state index is 0.235. The second-order valence-electron chi connectivity index (χ2n) is 7.75. The average molecular weight is 455 g/mol. The lowest BCUT2D eigenvalue weighted by atomic mass is 10.1. The molecule has 0 bridgehead atoms. The molecule has 0 radical (unpaired) electrons. The van der Waals surface area contributed by atoms with Crippen molar-refractivity contribution in [2.75, 3.05) is 6.61 Å². The number of carbonyl (C=O) groups is 2. The van der Waals surface area contributed by atoms with Gasteiger partial charge in [0, 0.05) is 6.04 Å². The van der Waals surface area contributed by atoms with E-state index in [-0.39, 0.29) is 6.61 Å². The van der Waals surface area contributed by atoms with Gasteiger partial charge in [-0.3, -0.25) is 4.79 Å². The number of ether oxygens (including phenoxy) is 2. The molecule has 9 heteroatoms. The molecule has 0 saturated heterocycles. The fourth-order valence-corrected chi connectivity index (χ4v) is 2.92. The smallest absolute Gasteiger partial charge is 0.416 e. The Kier molecular flexibility index (Phi) is 7.87. The highest BCUT2D eigenvalue weighted by Crippen LogP contribution is 2.30. The summed E-state index contributed by atoms with van der Waals surface area (Å²) in [4.78, 5) is 24.2. The molecule has 0 heterocycles. The quantitative estimate of drug-likeness (QED) is 0.453. The Morgan fingerprint density at radius 3 is 2.25 bits per heavy atom. The Hall–Kier alpha value is -3.10. The number of amides is 1. The molecule has 0 aromatic heterocycles. The van der Waals surface area contributed by atoms with Crippen molar-refractivity contribution in [2.24, 2.45) is 0 Å². The summed E-state index contributed by atoms with van der Waals surface area (Å²) in [5.74, 6) is -2.03. The summed E-state index contributed by atoms with van der Waals surface area (Å²) in [5, 5.41) is 2.51.